The van der Waals surface area contributed by atoms with Gasteiger partial charge in [-0.2, -0.15) is 11.3 Å². The van der Waals surface area contributed by atoms with Gasteiger partial charge in [-0.15, -0.1) is 11.3 Å². The minimum absolute atomic E-state index is 0.164. The van der Waals surface area contributed by atoms with Gasteiger partial charge in [0.1, 0.15) is 5.01 Å². The maximum Gasteiger partial charge on any atom is 0.231 e. The number of ether oxygens (including phenoxy) is 2. The number of halogens is 1. The topological polar surface area (TPSA) is 43.4 Å². The van der Waals surface area contributed by atoms with Gasteiger partial charge in [0.15, 0.2) is 11.5 Å². The molecule has 2 aromatic heterocycles. The molecule has 0 aliphatic carbocycles. The lowest BCUT2D eigenvalue weighted by atomic mass is 10.1. The normalized spacial score (nSPS) is 14.0. The Bertz CT molecular complexity index is 864. The van der Waals surface area contributed by atoms with Gasteiger partial charge in [0.05, 0.1) is 11.1 Å². The molecule has 0 bridgehead atoms. The number of benzene rings is 1. The minimum Gasteiger partial charge on any atom is -0.454 e. The summed E-state index contributed by atoms with van der Waals surface area (Å²) in [5, 5.41) is 11.7. The highest BCUT2D eigenvalue weighted by atomic mass is 35.5. The molecule has 0 radical (unpaired) electrons. The molecule has 0 spiro atoms. The van der Waals surface area contributed by atoms with Gasteiger partial charge in [0.25, 0.3) is 0 Å². The Labute approximate surface area is 159 Å². The molecule has 0 fully saturated rings. The summed E-state index contributed by atoms with van der Waals surface area (Å²) in [6.07, 6.45) is 0.911. The van der Waals surface area contributed by atoms with Gasteiger partial charge in [0, 0.05) is 17.6 Å². The van der Waals surface area contributed by atoms with Crippen LogP contribution in [0.5, 0.6) is 11.5 Å². The van der Waals surface area contributed by atoms with E-state index in [4.69, 9.17) is 21.1 Å². The molecule has 1 aliphatic rings. The van der Waals surface area contributed by atoms with E-state index in [9.17, 15) is 0 Å². The van der Waals surface area contributed by atoms with Crippen molar-refractivity contribution in [3.8, 4) is 11.5 Å². The number of nitrogens with one attached hydrogen (secondary N) is 1. The summed E-state index contributed by atoms with van der Waals surface area (Å²) in [5.41, 5.74) is 3.44. The van der Waals surface area contributed by atoms with Crippen molar-refractivity contribution in [1.29, 1.82) is 0 Å². The van der Waals surface area contributed by atoms with E-state index in [1.54, 1.807) is 22.7 Å². The smallest absolute Gasteiger partial charge is 0.231 e. The second-order valence-electron chi connectivity index (χ2n) is 5.91. The van der Waals surface area contributed by atoms with Crippen LogP contribution in [0.3, 0.4) is 0 Å². The lowest BCUT2D eigenvalue weighted by Crippen LogP contribution is -2.22. The van der Waals surface area contributed by atoms with E-state index < -0.39 is 0 Å². The summed E-state index contributed by atoms with van der Waals surface area (Å²) in [6.45, 7) is 2.94. The zero-order valence-corrected chi connectivity index (χ0v) is 16.0. The summed E-state index contributed by atoms with van der Waals surface area (Å²) in [6, 6.07) is 6.24. The second-order valence-corrected chi connectivity index (χ2v) is 7.98. The first-order chi connectivity index (χ1) is 12.2. The molecule has 25 heavy (non-hydrogen) atoms. The van der Waals surface area contributed by atoms with Crippen LogP contribution in [0.25, 0.3) is 0 Å². The van der Waals surface area contributed by atoms with Gasteiger partial charge in [-0.3, -0.25) is 0 Å². The van der Waals surface area contributed by atoms with Crippen molar-refractivity contribution >= 4 is 34.3 Å². The molecule has 0 saturated heterocycles. The van der Waals surface area contributed by atoms with E-state index in [1.807, 2.05) is 19.1 Å². The van der Waals surface area contributed by atoms with Gasteiger partial charge in [-0.1, -0.05) is 11.6 Å². The summed E-state index contributed by atoms with van der Waals surface area (Å²) >= 11 is 9.70. The highest BCUT2D eigenvalue weighted by Gasteiger charge is 2.20. The van der Waals surface area contributed by atoms with Crippen LogP contribution in [0.4, 0.5) is 0 Å². The van der Waals surface area contributed by atoms with Crippen LogP contribution in [-0.4, -0.2) is 11.8 Å². The molecule has 1 aromatic carbocycles. The van der Waals surface area contributed by atoms with Gasteiger partial charge >= 0.3 is 0 Å². The highest BCUT2D eigenvalue weighted by Crippen LogP contribution is 2.39. The van der Waals surface area contributed by atoms with Crippen molar-refractivity contribution in [2.24, 2.45) is 0 Å². The third kappa shape index (κ3) is 3.82. The van der Waals surface area contributed by atoms with E-state index in [0.717, 1.165) is 22.7 Å². The van der Waals surface area contributed by atoms with E-state index in [0.29, 0.717) is 23.1 Å². The van der Waals surface area contributed by atoms with Gasteiger partial charge in [-0.25, -0.2) is 4.98 Å². The van der Waals surface area contributed by atoms with E-state index in [1.165, 1.54) is 5.56 Å². The monoisotopic (exact) mass is 392 g/mol. The van der Waals surface area contributed by atoms with Crippen LogP contribution in [0.2, 0.25) is 5.02 Å². The van der Waals surface area contributed by atoms with Crippen molar-refractivity contribution in [3.63, 3.8) is 0 Å². The molecule has 0 amide bonds. The fourth-order valence-electron chi connectivity index (χ4n) is 2.79. The van der Waals surface area contributed by atoms with Crippen molar-refractivity contribution in [2.45, 2.75) is 25.9 Å². The van der Waals surface area contributed by atoms with E-state index >= 15 is 0 Å². The number of thiophene rings is 1. The van der Waals surface area contributed by atoms with Crippen LogP contribution in [0.1, 0.15) is 27.9 Å². The molecule has 0 saturated carbocycles. The number of nitrogens with zero attached hydrogens (tertiary/aromatic N) is 1. The molecule has 1 atom stereocenters. The second kappa shape index (κ2) is 7.33. The number of aryl methyl sites for hydroxylation is 1. The van der Waals surface area contributed by atoms with Crippen molar-refractivity contribution in [2.75, 3.05) is 6.79 Å². The maximum absolute atomic E-state index is 6.28. The fourth-order valence-corrected chi connectivity index (χ4v) is 4.63. The lowest BCUT2D eigenvalue weighted by molar-refractivity contribution is 0.174. The Morgan fingerprint density at radius 3 is 2.96 bits per heavy atom. The molecule has 1 aliphatic heterocycles. The Kier molecular flexibility index (Phi) is 4.94. The Morgan fingerprint density at radius 2 is 2.20 bits per heavy atom. The maximum atomic E-state index is 6.28. The van der Waals surface area contributed by atoms with E-state index in [2.05, 4.69) is 32.5 Å². The first-order valence-electron chi connectivity index (χ1n) is 7.93. The third-order valence-electron chi connectivity index (χ3n) is 3.99. The van der Waals surface area contributed by atoms with Gasteiger partial charge in [-0.05, 0) is 53.4 Å². The average Bonchev–Trinajstić information content (AvgIpc) is 3.32. The Balaban J connectivity index is 1.52. The molecule has 7 heteroatoms. The molecule has 130 valence electrons. The van der Waals surface area contributed by atoms with Gasteiger partial charge < -0.3 is 14.8 Å². The van der Waals surface area contributed by atoms with Crippen LogP contribution in [0, 0.1) is 6.92 Å². The highest BCUT2D eigenvalue weighted by molar-refractivity contribution is 7.09. The van der Waals surface area contributed by atoms with Gasteiger partial charge in [0.2, 0.25) is 6.79 Å². The lowest BCUT2D eigenvalue weighted by Gasteiger charge is -2.16. The fraction of sp³-hybridized carbons (Fsp3) is 0.278. The van der Waals surface area contributed by atoms with Crippen LogP contribution in [0.15, 0.2) is 34.3 Å². The quantitative estimate of drug-likeness (QED) is 0.643. The number of fused-ring (bicyclic) bond motifs is 1. The standard InChI is InChI=1S/C18H17ClN2O2S2/c1-11-8-25-18(21-11)15(5-12-2-3-24-9-12)20-7-13-4-14(19)17-16(6-13)22-10-23-17/h2-4,6,8-9,15,20H,5,7,10H2,1H3/t15-/m1/s1. The number of thiazole rings is 1. The number of aromatic nitrogens is 1. The third-order valence-corrected chi connectivity index (χ3v) is 6.08. The molecular weight excluding hydrogens is 376 g/mol. The predicted molar refractivity (Wildman–Crippen MR) is 102 cm³/mol. The average molecular weight is 393 g/mol. The first-order valence-corrected chi connectivity index (χ1v) is 10.1. The van der Waals surface area contributed by atoms with Crippen LogP contribution >= 0.6 is 34.3 Å². The predicted octanol–water partition coefficient (Wildman–Crippen LogP) is 4.97. The molecule has 4 rings (SSSR count). The SMILES string of the molecule is Cc1csc([C@@H](Cc2ccsc2)NCc2cc(Cl)c3c(c2)OCO3)n1. The first kappa shape index (κ1) is 16.8. The summed E-state index contributed by atoms with van der Waals surface area (Å²) < 4.78 is 10.8. The number of rotatable bonds is 6. The van der Waals surface area contributed by atoms with Crippen molar-refractivity contribution in [3.05, 3.63) is 61.2 Å². The van der Waals surface area contributed by atoms with Crippen molar-refractivity contribution in [1.82, 2.24) is 10.3 Å². The number of hydrogen-bond donors (Lipinski definition) is 1. The zero-order chi connectivity index (χ0) is 17.2. The molecule has 0 unspecified atom stereocenters. The molecule has 1 N–H and O–H groups in total. The number of hydrogen-bond acceptors (Lipinski definition) is 6. The Hall–Kier alpha value is -1.60. The molecular formula is C18H17ClN2O2S2. The zero-order valence-electron chi connectivity index (χ0n) is 13.6. The molecule has 3 heterocycles. The molecule has 4 nitrogen and oxygen atoms in total. The largest absolute Gasteiger partial charge is 0.454 e. The van der Waals surface area contributed by atoms with Crippen molar-refractivity contribution < 1.29 is 9.47 Å². The summed E-state index contributed by atoms with van der Waals surface area (Å²) in [7, 11) is 0. The Morgan fingerprint density at radius 1 is 1.28 bits per heavy atom. The van der Waals surface area contributed by atoms with Crippen LogP contribution in [-0.2, 0) is 13.0 Å². The summed E-state index contributed by atoms with van der Waals surface area (Å²) in [5.74, 6) is 1.35. The van der Waals surface area contributed by atoms with E-state index in [-0.39, 0.29) is 12.8 Å². The minimum atomic E-state index is 0.164. The molecule has 3 aromatic rings. The van der Waals surface area contributed by atoms with Crippen LogP contribution < -0.4 is 14.8 Å². The summed E-state index contributed by atoms with van der Waals surface area (Å²) in [4.78, 5) is 4.67.